The average molecular weight is 526 g/mol. The highest BCUT2D eigenvalue weighted by atomic mass is 16.6. The fraction of sp³-hybridized carbons (Fsp3) is 0.500. The minimum Gasteiger partial charge on any atom is -0.444 e. The Labute approximate surface area is 226 Å². The van der Waals surface area contributed by atoms with Gasteiger partial charge in [0.1, 0.15) is 11.6 Å². The summed E-state index contributed by atoms with van der Waals surface area (Å²) in [6.07, 6.45) is -0.304. The lowest BCUT2D eigenvalue weighted by Crippen LogP contribution is -2.52. The van der Waals surface area contributed by atoms with Crippen molar-refractivity contribution in [3.05, 3.63) is 71.8 Å². The van der Waals surface area contributed by atoms with E-state index in [1.807, 2.05) is 74.5 Å². The Bertz CT molecular complexity index is 1020. The summed E-state index contributed by atoms with van der Waals surface area (Å²) in [5.74, 6) is -1.77. The monoisotopic (exact) mass is 525 g/mol. The summed E-state index contributed by atoms with van der Waals surface area (Å²) in [7, 11) is 0. The Morgan fingerprint density at radius 2 is 1.45 bits per heavy atom. The molecule has 8 heteroatoms. The molecule has 5 atom stereocenters. The summed E-state index contributed by atoms with van der Waals surface area (Å²) in [4.78, 5) is 38.2. The molecule has 0 aliphatic heterocycles. The first-order chi connectivity index (χ1) is 17.9. The van der Waals surface area contributed by atoms with Crippen LogP contribution in [0.3, 0.4) is 0 Å². The number of alkyl carbamates (subject to hydrolysis) is 1. The van der Waals surface area contributed by atoms with Gasteiger partial charge in [-0.1, -0.05) is 80.9 Å². The van der Waals surface area contributed by atoms with Crippen molar-refractivity contribution in [1.82, 2.24) is 10.6 Å². The molecule has 8 nitrogen and oxygen atoms in total. The number of aliphatic hydroxyl groups excluding tert-OH is 1. The van der Waals surface area contributed by atoms with Gasteiger partial charge < -0.3 is 26.2 Å². The molecule has 208 valence electrons. The van der Waals surface area contributed by atoms with Crippen LogP contribution in [-0.4, -0.2) is 46.8 Å². The largest absolute Gasteiger partial charge is 0.444 e. The first kappa shape index (κ1) is 30.8. The molecule has 0 spiro atoms. The van der Waals surface area contributed by atoms with Crippen LogP contribution in [0.5, 0.6) is 0 Å². The van der Waals surface area contributed by atoms with E-state index in [1.165, 1.54) is 0 Å². The van der Waals surface area contributed by atoms with Gasteiger partial charge in [0, 0.05) is 5.92 Å². The van der Waals surface area contributed by atoms with Crippen molar-refractivity contribution in [2.75, 3.05) is 0 Å². The maximum Gasteiger partial charge on any atom is 0.407 e. The van der Waals surface area contributed by atoms with Gasteiger partial charge in [-0.15, -0.1) is 0 Å². The van der Waals surface area contributed by atoms with Gasteiger partial charge in [0.25, 0.3) is 0 Å². The predicted molar refractivity (Wildman–Crippen MR) is 148 cm³/mol. The summed E-state index contributed by atoms with van der Waals surface area (Å²) < 4.78 is 5.43. The number of primary amides is 1. The highest BCUT2D eigenvalue weighted by Crippen LogP contribution is 2.20. The number of aliphatic hydroxyl groups is 1. The predicted octanol–water partition coefficient (Wildman–Crippen LogP) is 3.75. The third-order valence-electron chi connectivity index (χ3n) is 6.50. The average Bonchev–Trinajstić information content (AvgIpc) is 2.85. The molecule has 0 unspecified atom stereocenters. The van der Waals surface area contributed by atoms with E-state index in [1.54, 1.807) is 20.8 Å². The molecule has 0 heterocycles. The summed E-state index contributed by atoms with van der Waals surface area (Å²) in [6.45, 7) is 9.08. The van der Waals surface area contributed by atoms with Crippen LogP contribution in [-0.2, 0) is 27.2 Å². The quantitative estimate of drug-likeness (QED) is 0.316. The lowest BCUT2D eigenvalue weighted by molar-refractivity contribution is -0.131. The van der Waals surface area contributed by atoms with Gasteiger partial charge in [0.05, 0.1) is 12.1 Å². The van der Waals surface area contributed by atoms with Crippen molar-refractivity contribution in [2.24, 2.45) is 17.6 Å². The summed E-state index contributed by atoms with van der Waals surface area (Å²) in [5.41, 5.74) is 6.72. The van der Waals surface area contributed by atoms with Gasteiger partial charge >= 0.3 is 6.09 Å². The third kappa shape index (κ3) is 10.5. The second-order valence-corrected chi connectivity index (χ2v) is 10.9. The van der Waals surface area contributed by atoms with Crippen molar-refractivity contribution >= 4 is 17.9 Å². The molecule has 2 aromatic rings. The van der Waals surface area contributed by atoms with E-state index in [-0.39, 0.29) is 18.2 Å². The normalized spacial score (nSPS) is 15.4. The molecular formula is C30H43N3O5. The summed E-state index contributed by atoms with van der Waals surface area (Å²) in [6, 6.07) is 17.4. The van der Waals surface area contributed by atoms with Crippen molar-refractivity contribution in [3.8, 4) is 0 Å². The smallest absolute Gasteiger partial charge is 0.407 e. The number of ether oxygens (including phenoxy) is 1. The van der Waals surface area contributed by atoms with Crippen LogP contribution in [0.4, 0.5) is 4.79 Å². The second-order valence-electron chi connectivity index (χ2n) is 10.9. The molecule has 0 saturated carbocycles. The Morgan fingerprint density at radius 3 is 1.92 bits per heavy atom. The number of rotatable bonds is 13. The minimum atomic E-state index is -1.07. The van der Waals surface area contributed by atoms with Crippen molar-refractivity contribution in [3.63, 3.8) is 0 Å². The zero-order chi connectivity index (χ0) is 28.3. The topological polar surface area (TPSA) is 131 Å². The van der Waals surface area contributed by atoms with Crippen LogP contribution < -0.4 is 16.4 Å². The van der Waals surface area contributed by atoms with E-state index in [0.29, 0.717) is 19.3 Å². The van der Waals surface area contributed by atoms with Crippen molar-refractivity contribution in [1.29, 1.82) is 0 Å². The zero-order valence-corrected chi connectivity index (χ0v) is 23.1. The number of benzene rings is 2. The highest BCUT2D eigenvalue weighted by molar-refractivity contribution is 5.88. The van der Waals surface area contributed by atoms with Gasteiger partial charge in [-0.25, -0.2) is 4.79 Å². The minimum absolute atomic E-state index is 0.0556. The number of nitrogens with one attached hydrogen (secondary N) is 2. The van der Waals surface area contributed by atoms with E-state index < -0.39 is 41.7 Å². The fourth-order valence-electron chi connectivity index (χ4n) is 4.25. The highest BCUT2D eigenvalue weighted by Gasteiger charge is 2.32. The zero-order valence-electron chi connectivity index (χ0n) is 23.1. The van der Waals surface area contributed by atoms with E-state index in [9.17, 15) is 19.5 Å². The Balaban J connectivity index is 2.29. The summed E-state index contributed by atoms with van der Waals surface area (Å²) >= 11 is 0. The van der Waals surface area contributed by atoms with Gasteiger partial charge in [0.15, 0.2) is 0 Å². The first-order valence-corrected chi connectivity index (χ1v) is 13.2. The Hall–Kier alpha value is -3.39. The SMILES string of the molecule is CC[C@H](C)[C@H](NC(=O)[C@@H](Cc1ccccc1)C[C@H](O)[C@H](Cc1ccccc1)NC(=O)OC(C)(C)C)C(N)=O. The van der Waals surface area contributed by atoms with E-state index in [4.69, 9.17) is 10.5 Å². The van der Waals surface area contributed by atoms with Gasteiger partial charge in [0.2, 0.25) is 11.8 Å². The molecule has 0 aromatic heterocycles. The maximum atomic E-state index is 13.5. The van der Waals surface area contributed by atoms with Crippen LogP contribution in [0, 0.1) is 11.8 Å². The van der Waals surface area contributed by atoms with Crippen LogP contribution in [0.1, 0.15) is 58.6 Å². The number of hydrogen-bond acceptors (Lipinski definition) is 5. The lowest BCUT2D eigenvalue weighted by atomic mass is 9.88. The molecule has 2 aromatic carbocycles. The Kier molecular flexibility index (Phi) is 11.8. The second kappa shape index (κ2) is 14.5. The number of carbonyl (C=O) groups is 3. The van der Waals surface area contributed by atoms with E-state index >= 15 is 0 Å². The van der Waals surface area contributed by atoms with Crippen LogP contribution in [0.2, 0.25) is 0 Å². The molecular weight excluding hydrogens is 482 g/mol. The molecule has 2 rings (SSSR count). The molecule has 5 N–H and O–H groups in total. The standard InChI is InChI=1S/C30H43N3O5/c1-6-20(2)26(27(31)35)33-28(36)23(17-21-13-9-7-10-14-21)19-25(34)24(18-22-15-11-8-12-16-22)32-29(37)38-30(3,4)5/h7-16,20,23-26,34H,6,17-19H2,1-5H3,(H2,31,35)(H,32,37)(H,33,36)/t20-,23-,24-,25-,26-/m0/s1. The molecule has 0 bridgehead atoms. The fourth-order valence-corrected chi connectivity index (χ4v) is 4.25. The number of nitrogens with two attached hydrogens (primary N) is 1. The first-order valence-electron chi connectivity index (χ1n) is 13.2. The molecule has 3 amide bonds. The van der Waals surface area contributed by atoms with Gasteiger partial charge in [-0.3, -0.25) is 9.59 Å². The van der Waals surface area contributed by atoms with Crippen molar-refractivity contribution < 1.29 is 24.2 Å². The van der Waals surface area contributed by atoms with Gasteiger partial charge in [-0.2, -0.15) is 0 Å². The van der Waals surface area contributed by atoms with Crippen molar-refractivity contribution in [2.45, 2.75) is 84.1 Å². The molecule has 0 aliphatic rings. The third-order valence-corrected chi connectivity index (χ3v) is 6.50. The number of amides is 3. The van der Waals surface area contributed by atoms with E-state index in [0.717, 1.165) is 11.1 Å². The molecule has 0 radical (unpaired) electrons. The van der Waals surface area contributed by atoms with Crippen LogP contribution in [0.15, 0.2) is 60.7 Å². The molecule has 0 saturated heterocycles. The molecule has 38 heavy (non-hydrogen) atoms. The molecule has 0 aliphatic carbocycles. The molecule has 0 fully saturated rings. The number of carbonyl (C=O) groups excluding carboxylic acids is 3. The summed E-state index contributed by atoms with van der Waals surface area (Å²) in [5, 5.41) is 17.0. The lowest BCUT2D eigenvalue weighted by Gasteiger charge is -2.30. The maximum absolute atomic E-state index is 13.5. The van der Waals surface area contributed by atoms with E-state index in [2.05, 4.69) is 10.6 Å². The van der Waals surface area contributed by atoms with Gasteiger partial charge in [-0.05, 0) is 57.1 Å². The van der Waals surface area contributed by atoms with Crippen LogP contribution in [0.25, 0.3) is 0 Å². The number of hydrogen-bond donors (Lipinski definition) is 4. The Morgan fingerprint density at radius 1 is 0.921 bits per heavy atom. The van der Waals surface area contributed by atoms with Crippen LogP contribution >= 0.6 is 0 Å².